The zero-order valence-electron chi connectivity index (χ0n) is 23.5. The van der Waals surface area contributed by atoms with Crippen LogP contribution < -0.4 is 0 Å². The maximum absolute atomic E-state index is 12.8. The third-order valence-corrected chi connectivity index (χ3v) is 7.27. The number of benzene rings is 2. The predicted molar refractivity (Wildman–Crippen MR) is 147 cm³/mol. The normalized spacial score (nSPS) is 32.5. The van der Waals surface area contributed by atoms with Gasteiger partial charge in [0.15, 0.2) is 41.7 Å². The van der Waals surface area contributed by atoms with E-state index in [9.17, 15) is 50.8 Å². The van der Waals surface area contributed by atoms with E-state index in [1.165, 1.54) is 43.3 Å². The van der Waals surface area contributed by atoms with Crippen molar-refractivity contribution in [2.45, 2.75) is 74.8 Å². The summed E-state index contributed by atoms with van der Waals surface area (Å²) in [6, 6.07) is 7.98. The molecule has 0 amide bonds. The molecule has 0 bridgehead atoms. The van der Waals surface area contributed by atoms with E-state index in [0.29, 0.717) is 11.1 Å². The van der Waals surface area contributed by atoms with E-state index in [1.54, 1.807) is 6.07 Å². The number of carbonyl (C=O) groups is 1. The van der Waals surface area contributed by atoms with E-state index >= 15 is 0 Å². The number of aromatic hydroxyl groups is 4. The van der Waals surface area contributed by atoms with Gasteiger partial charge in [-0.3, -0.25) is 0 Å². The van der Waals surface area contributed by atoms with Crippen LogP contribution in [-0.4, -0.2) is 127 Å². The number of esters is 1. The van der Waals surface area contributed by atoms with Gasteiger partial charge >= 0.3 is 5.97 Å². The van der Waals surface area contributed by atoms with Gasteiger partial charge < -0.3 is 69.6 Å². The summed E-state index contributed by atoms with van der Waals surface area (Å²) in [5.41, 5.74) is 0.914. The highest BCUT2D eigenvalue weighted by Crippen LogP contribution is 2.32. The molecule has 0 spiro atoms. The molecule has 9 N–H and O–H groups in total. The minimum atomic E-state index is -1.77. The Morgan fingerprint density at radius 3 is 2.16 bits per heavy atom. The van der Waals surface area contributed by atoms with Gasteiger partial charge in [-0.2, -0.15) is 0 Å². The largest absolute Gasteiger partial charge is 0.504 e. The second kappa shape index (κ2) is 14.5. The number of carbonyl (C=O) groups excluding carboxylic acids is 1. The first-order valence-corrected chi connectivity index (χ1v) is 13.7. The van der Waals surface area contributed by atoms with Crippen molar-refractivity contribution in [3.63, 3.8) is 0 Å². The van der Waals surface area contributed by atoms with E-state index in [4.69, 9.17) is 23.7 Å². The summed E-state index contributed by atoms with van der Waals surface area (Å²) >= 11 is 0. The predicted octanol–water partition coefficient (Wildman–Crippen LogP) is -1.02. The quantitative estimate of drug-likeness (QED) is 0.0873. The SMILES string of the molecule is C[C@@H]1O[C@@H](O[C@@H]2[C@@H](O)[C@H](OCCc3ccc(O)c(O)c3)O[C@H](CO)[C@@H]2OC(=O)/C=C/c2ccc(O)c(O)c2)[C@@H](O)[C@H](O)[C@@H]1O. The zero-order valence-corrected chi connectivity index (χ0v) is 23.5. The fraction of sp³-hybridized carbons (Fsp3) is 0.483. The molecule has 0 aromatic heterocycles. The Labute approximate surface area is 251 Å². The van der Waals surface area contributed by atoms with Gasteiger partial charge in [-0.15, -0.1) is 0 Å². The Kier molecular flexibility index (Phi) is 11.0. The number of phenolic OH excluding ortho intramolecular Hbond substituents is 4. The lowest BCUT2D eigenvalue weighted by Gasteiger charge is -2.46. The Balaban J connectivity index is 1.52. The zero-order chi connectivity index (χ0) is 32.1. The summed E-state index contributed by atoms with van der Waals surface area (Å²) < 4.78 is 28.2. The first-order valence-electron chi connectivity index (χ1n) is 13.7. The van der Waals surface area contributed by atoms with Crippen LogP contribution in [0.15, 0.2) is 42.5 Å². The van der Waals surface area contributed by atoms with Gasteiger partial charge in [-0.05, 0) is 54.8 Å². The molecule has 2 heterocycles. The molecule has 2 aromatic rings. The topological polar surface area (TPSA) is 245 Å². The first kappa shape index (κ1) is 33.4. The second-order valence-corrected chi connectivity index (χ2v) is 10.4. The molecule has 242 valence electrons. The van der Waals surface area contributed by atoms with Crippen molar-refractivity contribution in [3.05, 3.63) is 53.6 Å². The van der Waals surface area contributed by atoms with Gasteiger partial charge in [0.1, 0.15) is 36.6 Å². The van der Waals surface area contributed by atoms with Crippen molar-refractivity contribution >= 4 is 12.0 Å². The van der Waals surface area contributed by atoms with Crippen LogP contribution in [0.1, 0.15) is 18.1 Å². The maximum Gasteiger partial charge on any atom is 0.331 e. The van der Waals surface area contributed by atoms with Crippen molar-refractivity contribution < 1.29 is 74.4 Å². The summed E-state index contributed by atoms with van der Waals surface area (Å²) in [6.45, 7) is 0.606. The van der Waals surface area contributed by atoms with Crippen molar-refractivity contribution in [2.24, 2.45) is 0 Å². The van der Waals surface area contributed by atoms with Crippen molar-refractivity contribution in [1.29, 1.82) is 0 Å². The molecule has 2 aliphatic heterocycles. The van der Waals surface area contributed by atoms with Gasteiger partial charge in [0.05, 0.1) is 19.3 Å². The molecule has 15 heteroatoms. The highest BCUT2D eigenvalue weighted by Gasteiger charge is 2.52. The number of rotatable bonds is 10. The molecule has 44 heavy (non-hydrogen) atoms. The van der Waals surface area contributed by atoms with Crippen LogP contribution in [0.3, 0.4) is 0 Å². The number of hydrogen-bond acceptors (Lipinski definition) is 15. The van der Waals surface area contributed by atoms with Crippen LogP contribution in [0, 0.1) is 0 Å². The number of phenols is 4. The molecule has 2 aromatic carbocycles. The summed E-state index contributed by atoms with van der Waals surface area (Å²) in [7, 11) is 0. The van der Waals surface area contributed by atoms with Gasteiger partial charge in [-0.25, -0.2) is 4.79 Å². The Morgan fingerprint density at radius 2 is 1.50 bits per heavy atom. The smallest absolute Gasteiger partial charge is 0.331 e. The summed E-state index contributed by atoms with van der Waals surface area (Å²) in [6.07, 6.45) is -12.6. The molecular formula is C29H36O15. The van der Waals surface area contributed by atoms with E-state index in [2.05, 4.69) is 0 Å². The summed E-state index contributed by atoms with van der Waals surface area (Å²) in [4.78, 5) is 12.8. The molecule has 0 saturated carbocycles. The van der Waals surface area contributed by atoms with Gasteiger partial charge in [0.2, 0.25) is 0 Å². The van der Waals surface area contributed by atoms with E-state index in [0.717, 1.165) is 6.08 Å². The lowest BCUT2D eigenvalue weighted by Crippen LogP contribution is -2.65. The number of hydrogen-bond donors (Lipinski definition) is 9. The third-order valence-electron chi connectivity index (χ3n) is 7.27. The van der Waals surface area contributed by atoms with E-state index in [-0.39, 0.29) is 30.3 Å². The number of aliphatic hydroxyl groups is 5. The molecular weight excluding hydrogens is 588 g/mol. The highest BCUT2D eigenvalue weighted by atomic mass is 16.7. The van der Waals surface area contributed by atoms with Crippen molar-refractivity contribution in [1.82, 2.24) is 0 Å². The third kappa shape index (κ3) is 7.76. The lowest BCUT2D eigenvalue weighted by molar-refractivity contribution is -0.357. The molecule has 2 fully saturated rings. The van der Waals surface area contributed by atoms with E-state index < -0.39 is 79.7 Å². The van der Waals surface area contributed by atoms with Crippen molar-refractivity contribution in [2.75, 3.05) is 13.2 Å². The van der Waals surface area contributed by atoms with Gasteiger partial charge in [-0.1, -0.05) is 12.1 Å². The fourth-order valence-corrected chi connectivity index (χ4v) is 4.76. The standard InChI is InChI=1S/C29H36O15/c1-13-22(36)23(37)24(38)29(41-13)44-27-25(39)28(40-9-8-15-3-6-17(32)19(34)11-15)42-20(12-30)26(27)43-21(35)7-4-14-2-5-16(31)18(33)10-14/h2-7,10-11,13,20,22-34,36-39H,8-9,12H2,1H3/b7-4+/t13-,20+,22+,23+,24-,25+,26-,27+,28+,29-/m0/s1. The van der Waals surface area contributed by atoms with Crippen LogP contribution in [-0.2, 0) is 34.9 Å². The van der Waals surface area contributed by atoms with Crippen LogP contribution in [0.5, 0.6) is 23.0 Å². The molecule has 2 saturated heterocycles. The number of aliphatic hydroxyl groups excluding tert-OH is 5. The average Bonchev–Trinajstić information content (AvgIpc) is 2.99. The molecule has 0 radical (unpaired) electrons. The molecule has 2 aliphatic rings. The summed E-state index contributed by atoms with van der Waals surface area (Å²) in [5, 5.41) is 90.5. The Bertz CT molecular complexity index is 1300. The average molecular weight is 625 g/mol. The van der Waals surface area contributed by atoms with Crippen LogP contribution >= 0.6 is 0 Å². The molecule has 0 unspecified atom stereocenters. The first-order chi connectivity index (χ1) is 20.9. The minimum Gasteiger partial charge on any atom is -0.504 e. The Hall–Kier alpha value is -3.51. The fourth-order valence-electron chi connectivity index (χ4n) is 4.76. The van der Waals surface area contributed by atoms with Crippen molar-refractivity contribution in [3.8, 4) is 23.0 Å². The van der Waals surface area contributed by atoms with E-state index in [1.807, 2.05) is 0 Å². The lowest BCUT2D eigenvalue weighted by atomic mass is 9.97. The molecule has 10 atom stereocenters. The van der Waals surface area contributed by atoms with Gasteiger partial charge in [0, 0.05) is 6.08 Å². The minimum absolute atomic E-state index is 0.0754. The van der Waals surface area contributed by atoms with Crippen LogP contribution in [0.4, 0.5) is 0 Å². The molecule has 0 aliphatic carbocycles. The monoisotopic (exact) mass is 624 g/mol. The Morgan fingerprint density at radius 1 is 0.818 bits per heavy atom. The number of ether oxygens (including phenoxy) is 5. The maximum atomic E-state index is 12.8. The van der Waals surface area contributed by atoms with Crippen LogP contribution in [0.2, 0.25) is 0 Å². The second-order valence-electron chi connectivity index (χ2n) is 10.4. The highest BCUT2D eigenvalue weighted by molar-refractivity contribution is 5.87. The molecule has 15 nitrogen and oxygen atoms in total. The van der Waals surface area contributed by atoms with Gasteiger partial charge in [0.25, 0.3) is 0 Å². The van der Waals surface area contributed by atoms with Crippen LogP contribution in [0.25, 0.3) is 6.08 Å². The molecule has 4 rings (SSSR count). The summed E-state index contributed by atoms with van der Waals surface area (Å²) in [5.74, 6) is -2.40.